The van der Waals surface area contributed by atoms with E-state index in [9.17, 15) is 0 Å². The third kappa shape index (κ3) is 5.25. The van der Waals surface area contributed by atoms with Gasteiger partial charge in [0.15, 0.2) is 0 Å². The van der Waals surface area contributed by atoms with Gasteiger partial charge in [0, 0.05) is 54.2 Å². The summed E-state index contributed by atoms with van der Waals surface area (Å²) in [6, 6.07) is 9.69. The molecule has 3 nitrogen and oxygen atoms in total. The molecule has 0 aliphatic rings. The SMILES string of the molecule is CN(C)CCN(Cc1cccnc1)Cc1c(Cl)cccc1Cl. The molecule has 0 unspecified atom stereocenters. The summed E-state index contributed by atoms with van der Waals surface area (Å²) in [5, 5.41) is 1.43. The number of likely N-dealkylation sites (N-methyl/N-ethyl adjacent to an activating group) is 1. The molecule has 0 aliphatic heterocycles. The summed E-state index contributed by atoms with van der Waals surface area (Å²) in [6.07, 6.45) is 3.69. The summed E-state index contributed by atoms with van der Waals surface area (Å²) >= 11 is 12.6. The van der Waals surface area contributed by atoms with Crippen LogP contribution < -0.4 is 0 Å². The molecule has 1 heterocycles. The van der Waals surface area contributed by atoms with Crippen molar-refractivity contribution in [1.29, 1.82) is 0 Å². The summed E-state index contributed by atoms with van der Waals surface area (Å²) in [5.41, 5.74) is 2.16. The standard InChI is InChI=1S/C17H21Cl2N3/c1-21(2)9-10-22(12-14-5-4-8-20-11-14)13-15-16(18)6-3-7-17(15)19/h3-8,11H,9-10,12-13H2,1-2H3. The van der Waals surface area contributed by atoms with Gasteiger partial charge in [0.2, 0.25) is 0 Å². The Hall–Kier alpha value is -1.13. The fourth-order valence-corrected chi connectivity index (χ4v) is 2.73. The molecular formula is C17H21Cl2N3. The summed E-state index contributed by atoms with van der Waals surface area (Å²) < 4.78 is 0. The Kier molecular flexibility index (Phi) is 6.65. The zero-order valence-corrected chi connectivity index (χ0v) is 14.5. The Morgan fingerprint density at radius 3 is 2.27 bits per heavy atom. The first-order valence-corrected chi connectivity index (χ1v) is 8.00. The fraction of sp³-hybridized carbons (Fsp3) is 0.353. The lowest BCUT2D eigenvalue weighted by Crippen LogP contribution is -2.31. The van der Waals surface area contributed by atoms with Gasteiger partial charge in [0.25, 0.3) is 0 Å². The maximum atomic E-state index is 6.31. The Bertz CT molecular complexity index is 567. The molecule has 0 aliphatic carbocycles. The maximum Gasteiger partial charge on any atom is 0.0465 e. The van der Waals surface area contributed by atoms with Crippen LogP contribution in [-0.2, 0) is 13.1 Å². The molecule has 0 atom stereocenters. The first-order valence-electron chi connectivity index (χ1n) is 7.25. The third-order valence-electron chi connectivity index (χ3n) is 3.44. The Morgan fingerprint density at radius 1 is 0.955 bits per heavy atom. The van der Waals surface area contributed by atoms with Crippen molar-refractivity contribution in [3.8, 4) is 0 Å². The molecule has 0 amide bonds. The van der Waals surface area contributed by atoms with Gasteiger partial charge in [-0.15, -0.1) is 0 Å². The van der Waals surface area contributed by atoms with E-state index >= 15 is 0 Å². The van der Waals surface area contributed by atoms with E-state index in [2.05, 4.69) is 34.9 Å². The van der Waals surface area contributed by atoms with Gasteiger partial charge in [-0.3, -0.25) is 9.88 Å². The first kappa shape index (κ1) is 17.2. The summed E-state index contributed by atoms with van der Waals surface area (Å²) in [4.78, 5) is 8.69. The van der Waals surface area contributed by atoms with Crippen LogP contribution >= 0.6 is 23.2 Å². The summed E-state index contributed by atoms with van der Waals surface area (Å²) in [6.45, 7) is 3.45. The first-order chi connectivity index (χ1) is 10.6. The van der Waals surface area contributed by atoms with Crippen LogP contribution in [-0.4, -0.2) is 42.0 Å². The van der Waals surface area contributed by atoms with Crippen molar-refractivity contribution in [2.75, 3.05) is 27.2 Å². The van der Waals surface area contributed by atoms with Crippen LogP contribution in [0.4, 0.5) is 0 Å². The fourth-order valence-electron chi connectivity index (χ4n) is 2.21. The van der Waals surface area contributed by atoms with Crippen molar-refractivity contribution in [2.24, 2.45) is 0 Å². The summed E-state index contributed by atoms with van der Waals surface area (Å²) in [5.74, 6) is 0. The van der Waals surface area contributed by atoms with E-state index in [1.807, 2.05) is 30.5 Å². The van der Waals surface area contributed by atoms with Crippen molar-refractivity contribution in [1.82, 2.24) is 14.8 Å². The van der Waals surface area contributed by atoms with Crippen molar-refractivity contribution >= 4 is 23.2 Å². The van der Waals surface area contributed by atoms with E-state index < -0.39 is 0 Å². The second-order valence-electron chi connectivity index (χ2n) is 5.58. The minimum atomic E-state index is 0.716. The average molecular weight is 338 g/mol. The molecular weight excluding hydrogens is 317 g/mol. The zero-order valence-electron chi connectivity index (χ0n) is 13.0. The third-order valence-corrected chi connectivity index (χ3v) is 4.14. The highest BCUT2D eigenvalue weighted by Crippen LogP contribution is 2.26. The van der Waals surface area contributed by atoms with Gasteiger partial charge in [0.1, 0.15) is 0 Å². The number of aromatic nitrogens is 1. The molecule has 118 valence electrons. The molecule has 0 bridgehead atoms. The number of halogens is 2. The topological polar surface area (TPSA) is 19.4 Å². The lowest BCUT2D eigenvalue weighted by atomic mass is 10.2. The molecule has 0 N–H and O–H groups in total. The largest absolute Gasteiger partial charge is 0.308 e. The van der Waals surface area contributed by atoms with Crippen molar-refractivity contribution in [3.05, 3.63) is 63.9 Å². The van der Waals surface area contributed by atoms with Crippen LogP contribution in [0.3, 0.4) is 0 Å². The Morgan fingerprint density at radius 2 is 1.68 bits per heavy atom. The Labute approximate surface area is 142 Å². The van der Waals surface area contributed by atoms with Gasteiger partial charge < -0.3 is 4.90 Å². The molecule has 0 saturated carbocycles. The van der Waals surface area contributed by atoms with Crippen molar-refractivity contribution in [2.45, 2.75) is 13.1 Å². The minimum Gasteiger partial charge on any atom is -0.308 e. The lowest BCUT2D eigenvalue weighted by molar-refractivity contribution is 0.226. The van der Waals surface area contributed by atoms with E-state index in [1.54, 1.807) is 6.20 Å². The minimum absolute atomic E-state index is 0.716. The molecule has 1 aromatic carbocycles. The molecule has 22 heavy (non-hydrogen) atoms. The molecule has 0 fully saturated rings. The molecule has 0 saturated heterocycles. The number of benzene rings is 1. The van der Waals surface area contributed by atoms with Crippen LogP contribution in [0.15, 0.2) is 42.7 Å². The number of pyridine rings is 1. The van der Waals surface area contributed by atoms with E-state index in [-0.39, 0.29) is 0 Å². The average Bonchev–Trinajstić information content (AvgIpc) is 2.49. The van der Waals surface area contributed by atoms with Crippen LogP contribution in [0.25, 0.3) is 0 Å². The van der Waals surface area contributed by atoms with E-state index in [0.29, 0.717) is 10.0 Å². The van der Waals surface area contributed by atoms with Crippen LogP contribution in [0.5, 0.6) is 0 Å². The lowest BCUT2D eigenvalue weighted by Gasteiger charge is -2.25. The highest BCUT2D eigenvalue weighted by molar-refractivity contribution is 6.35. The Balaban J connectivity index is 2.13. The zero-order chi connectivity index (χ0) is 15.9. The van der Waals surface area contributed by atoms with Gasteiger partial charge in [-0.05, 0) is 37.9 Å². The van der Waals surface area contributed by atoms with Crippen LogP contribution in [0, 0.1) is 0 Å². The van der Waals surface area contributed by atoms with E-state index in [0.717, 1.165) is 31.7 Å². The molecule has 1 aromatic heterocycles. The van der Waals surface area contributed by atoms with Gasteiger partial charge in [-0.25, -0.2) is 0 Å². The molecule has 5 heteroatoms. The highest BCUT2D eigenvalue weighted by Gasteiger charge is 2.12. The molecule has 0 radical (unpaired) electrons. The van der Waals surface area contributed by atoms with Crippen LogP contribution in [0.2, 0.25) is 10.0 Å². The molecule has 2 rings (SSSR count). The van der Waals surface area contributed by atoms with Gasteiger partial charge >= 0.3 is 0 Å². The molecule has 2 aromatic rings. The smallest absolute Gasteiger partial charge is 0.0465 e. The van der Waals surface area contributed by atoms with Crippen molar-refractivity contribution in [3.63, 3.8) is 0 Å². The maximum absolute atomic E-state index is 6.31. The van der Waals surface area contributed by atoms with E-state index in [1.165, 1.54) is 5.56 Å². The highest BCUT2D eigenvalue weighted by atomic mass is 35.5. The second kappa shape index (κ2) is 8.49. The molecule has 0 spiro atoms. The number of nitrogens with zero attached hydrogens (tertiary/aromatic N) is 3. The van der Waals surface area contributed by atoms with E-state index in [4.69, 9.17) is 23.2 Å². The van der Waals surface area contributed by atoms with Crippen LogP contribution in [0.1, 0.15) is 11.1 Å². The summed E-state index contributed by atoms with van der Waals surface area (Å²) in [7, 11) is 4.15. The predicted molar refractivity (Wildman–Crippen MR) is 93.4 cm³/mol. The number of hydrogen-bond acceptors (Lipinski definition) is 3. The number of hydrogen-bond donors (Lipinski definition) is 0. The monoisotopic (exact) mass is 337 g/mol. The number of rotatable bonds is 7. The predicted octanol–water partition coefficient (Wildman–Crippen LogP) is 3.95. The quantitative estimate of drug-likeness (QED) is 0.762. The van der Waals surface area contributed by atoms with Crippen molar-refractivity contribution < 1.29 is 0 Å². The van der Waals surface area contributed by atoms with Gasteiger partial charge in [-0.2, -0.15) is 0 Å². The van der Waals surface area contributed by atoms with Gasteiger partial charge in [0.05, 0.1) is 0 Å². The second-order valence-corrected chi connectivity index (χ2v) is 6.39. The normalized spacial score (nSPS) is 11.4. The van der Waals surface area contributed by atoms with Gasteiger partial charge in [-0.1, -0.05) is 35.3 Å².